The van der Waals surface area contributed by atoms with Crippen molar-refractivity contribution in [2.45, 2.75) is 12.2 Å². The van der Waals surface area contributed by atoms with Crippen LogP contribution in [0.1, 0.15) is 11.6 Å². The summed E-state index contributed by atoms with van der Waals surface area (Å²) in [4.78, 5) is 0. The predicted octanol–water partition coefficient (Wildman–Crippen LogP) is 3.29. The molecule has 0 bridgehead atoms. The fraction of sp³-hybridized carbons (Fsp3) is 0.250. The van der Waals surface area contributed by atoms with Crippen molar-refractivity contribution in [2.24, 2.45) is 5.73 Å². The van der Waals surface area contributed by atoms with Gasteiger partial charge in [0.2, 0.25) is 0 Å². The lowest BCUT2D eigenvalue weighted by molar-refractivity contribution is -0.150. The Hall–Kier alpha value is -0.690. The molecule has 1 atom stereocenters. The SMILES string of the molecule is N[C@@H](c1c(F)cc(Br)cc1F)C(F)(F)F. The number of alkyl halides is 3. The lowest BCUT2D eigenvalue weighted by Gasteiger charge is -2.17. The van der Waals surface area contributed by atoms with Gasteiger partial charge in [-0.3, -0.25) is 0 Å². The van der Waals surface area contributed by atoms with Crippen molar-refractivity contribution in [3.63, 3.8) is 0 Å². The normalized spacial score (nSPS) is 14.1. The maximum Gasteiger partial charge on any atom is 0.407 e. The first-order valence-corrected chi connectivity index (χ1v) is 4.49. The summed E-state index contributed by atoms with van der Waals surface area (Å²) in [6.07, 6.45) is -4.88. The molecule has 0 saturated heterocycles. The van der Waals surface area contributed by atoms with Crippen LogP contribution in [0, 0.1) is 11.6 Å². The maximum absolute atomic E-state index is 13.0. The smallest absolute Gasteiger partial charge is 0.316 e. The van der Waals surface area contributed by atoms with Crippen LogP contribution in [-0.4, -0.2) is 6.18 Å². The zero-order valence-corrected chi connectivity index (χ0v) is 8.66. The first-order valence-electron chi connectivity index (χ1n) is 3.70. The summed E-state index contributed by atoms with van der Waals surface area (Å²) in [6.45, 7) is 0. The van der Waals surface area contributed by atoms with E-state index in [1.165, 1.54) is 0 Å². The van der Waals surface area contributed by atoms with Crippen LogP contribution in [0.4, 0.5) is 22.0 Å². The summed E-state index contributed by atoms with van der Waals surface area (Å²) in [6, 6.07) is -1.21. The van der Waals surface area contributed by atoms with E-state index in [1.54, 1.807) is 0 Å². The molecule has 0 aliphatic heterocycles. The molecule has 7 heteroatoms. The van der Waals surface area contributed by atoms with Gasteiger partial charge in [-0.15, -0.1) is 0 Å². The van der Waals surface area contributed by atoms with E-state index >= 15 is 0 Å². The van der Waals surface area contributed by atoms with E-state index in [0.717, 1.165) is 12.1 Å². The third-order valence-electron chi connectivity index (χ3n) is 1.71. The molecule has 0 aromatic heterocycles. The Morgan fingerprint density at radius 2 is 1.53 bits per heavy atom. The Morgan fingerprint density at radius 3 is 1.87 bits per heavy atom. The lowest BCUT2D eigenvalue weighted by Crippen LogP contribution is -2.30. The van der Waals surface area contributed by atoms with Crippen molar-refractivity contribution in [1.82, 2.24) is 0 Å². The van der Waals surface area contributed by atoms with E-state index in [1.807, 2.05) is 0 Å². The van der Waals surface area contributed by atoms with E-state index in [9.17, 15) is 22.0 Å². The Bertz CT molecular complexity index is 353. The van der Waals surface area contributed by atoms with Crippen LogP contribution < -0.4 is 5.73 Å². The molecule has 0 unspecified atom stereocenters. The zero-order chi connectivity index (χ0) is 11.8. The van der Waals surface area contributed by atoms with E-state index in [4.69, 9.17) is 5.73 Å². The monoisotopic (exact) mass is 289 g/mol. The number of benzene rings is 1. The fourth-order valence-electron chi connectivity index (χ4n) is 1.01. The molecular weight excluding hydrogens is 285 g/mol. The summed E-state index contributed by atoms with van der Waals surface area (Å²) >= 11 is 2.74. The van der Waals surface area contributed by atoms with Crippen LogP contribution in [0.3, 0.4) is 0 Å². The molecule has 84 valence electrons. The van der Waals surface area contributed by atoms with Gasteiger partial charge in [0, 0.05) is 10.0 Å². The largest absolute Gasteiger partial charge is 0.407 e. The minimum atomic E-state index is -4.88. The molecule has 0 spiro atoms. The second kappa shape index (κ2) is 4.05. The molecule has 1 aromatic rings. The van der Waals surface area contributed by atoms with Crippen molar-refractivity contribution in [3.05, 3.63) is 33.8 Å². The van der Waals surface area contributed by atoms with Crippen LogP contribution in [0.15, 0.2) is 16.6 Å². The van der Waals surface area contributed by atoms with Crippen LogP contribution in [0.2, 0.25) is 0 Å². The van der Waals surface area contributed by atoms with Gasteiger partial charge in [0.1, 0.15) is 17.7 Å². The average molecular weight is 290 g/mol. The number of nitrogens with two attached hydrogens (primary N) is 1. The van der Waals surface area contributed by atoms with Gasteiger partial charge >= 0.3 is 6.18 Å². The highest BCUT2D eigenvalue weighted by Crippen LogP contribution is 2.34. The molecule has 0 aliphatic carbocycles. The minimum absolute atomic E-state index is 0.00984. The van der Waals surface area contributed by atoms with Gasteiger partial charge in [-0.2, -0.15) is 13.2 Å². The Balaban J connectivity index is 3.26. The topological polar surface area (TPSA) is 26.0 Å². The van der Waals surface area contributed by atoms with Gasteiger partial charge < -0.3 is 5.73 Å². The van der Waals surface area contributed by atoms with Crippen molar-refractivity contribution >= 4 is 15.9 Å². The molecule has 1 rings (SSSR count). The summed E-state index contributed by atoms with van der Waals surface area (Å²) in [5, 5.41) is 0. The van der Waals surface area contributed by atoms with E-state index in [0.29, 0.717) is 0 Å². The van der Waals surface area contributed by atoms with Gasteiger partial charge in [0.05, 0.1) is 0 Å². The van der Waals surface area contributed by atoms with Crippen LogP contribution in [-0.2, 0) is 0 Å². The van der Waals surface area contributed by atoms with Gasteiger partial charge in [0.25, 0.3) is 0 Å². The molecule has 0 radical (unpaired) electrons. The van der Waals surface area contributed by atoms with E-state index in [2.05, 4.69) is 15.9 Å². The Morgan fingerprint density at radius 1 is 1.13 bits per heavy atom. The molecule has 1 nitrogen and oxygen atoms in total. The molecule has 0 fully saturated rings. The second-order valence-corrected chi connectivity index (χ2v) is 3.72. The summed E-state index contributed by atoms with van der Waals surface area (Å²) in [5.74, 6) is -2.65. The highest BCUT2D eigenvalue weighted by atomic mass is 79.9. The maximum atomic E-state index is 13.0. The third-order valence-corrected chi connectivity index (χ3v) is 2.17. The van der Waals surface area contributed by atoms with Crippen molar-refractivity contribution in [2.75, 3.05) is 0 Å². The summed E-state index contributed by atoms with van der Waals surface area (Å²) in [5.41, 5.74) is 3.53. The average Bonchev–Trinajstić information content (AvgIpc) is 1.99. The number of hydrogen-bond donors (Lipinski definition) is 1. The standard InChI is InChI=1S/C8H5BrF5N/c9-3-1-4(10)6(5(11)2-3)7(15)8(12,13)14/h1-2,7H,15H2/t7-/m0/s1. The molecular formula is C8H5BrF5N. The van der Waals surface area contributed by atoms with E-state index in [-0.39, 0.29) is 4.47 Å². The summed E-state index contributed by atoms with van der Waals surface area (Å²) in [7, 11) is 0. The zero-order valence-electron chi connectivity index (χ0n) is 7.08. The molecule has 1 aromatic carbocycles. The van der Waals surface area contributed by atoms with Crippen molar-refractivity contribution in [1.29, 1.82) is 0 Å². The highest BCUT2D eigenvalue weighted by Gasteiger charge is 2.41. The minimum Gasteiger partial charge on any atom is -0.316 e. The predicted molar refractivity (Wildman–Crippen MR) is 47.0 cm³/mol. The number of halogens is 6. The first kappa shape index (κ1) is 12.4. The molecule has 0 amide bonds. The first-order chi connectivity index (χ1) is 6.73. The Kier molecular flexibility index (Phi) is 3.34. The molecule has 0 saturated carbocycles. The third kappa shape index (κ3) is 2.66. The molecule has 0 aliphatic rings. The Labute approximate surface area is 90.2 Å². The highest BCUT2D eigenvalue weighted by molar-refractivity contribution is 9.10. The van der Waals surface area contributed by atoms with Crippen LogP contribution in [0.25, 0.3) is 0 Å². The molecule has 15 heavy (non-hydrogen) atoms. The van der Waals surface area contributed by atoms with Gasteiger partial charge in [-0.25, -0.2) is 8.78 Å². The van der Waals surface area contributed by atoms with Gasteiger partial charge in [0.15, 0.2) is 0 Å². The van der Waals surface area contributed by atoms with Crippen LogP contribution in [0.5, 0.6) is 0 Å². The molecule has 0 heterocycles. The van der Waals surface area contributed by atoms with E-state index < -0.39 is 29.4 Å². The number of rotatable bonds is 1. The second-order valence-electron chi connectivity index (χ2n) is 2.80. The lowest BCUT2D eigenvalue weighted by atomic mass is 10.1. The fourth-order valence-corrected chi connectivity index (χ4v) is 1.42. The number of hydrogen-bond acceptors (Lipinski definition) is 1. The quantitative estimate of drug-likeness (QED) is 0.789. The van der Waals surface area contributed by atoms with Gasteiger partial charge in [-0.1, -0.05) is 15.9 Å². The van der Waals surface area contributed by atoms with Crippen LogP contribution >= 0.6 is 15.9 Å². The van der Waals surface area contributed by atoms with Crippen molar-refractivity contribution in [3.8, 4) is 0 Å². The van der Waals surface area contributed by atoms with Crippen molar-refractivity contribution < 1.29 is 22.0 Å². The molecule has 2 N–H and O–H groups in total. The summed E-state index contributed by atoms with van der Waals surface area (Å²) < 4.78 is 62.5. The van der Waals surface area contributed by atoms with Gasteiger partial charge in [-0.05, 0) is 12.1 Å².